The van der Waals surface area contributed by atoms with Gasteiger partial charge in [0.2, 0.25) is 0 Å². The zero-order valence-electron chi connectivity index (χ0n) is 12.5. The maximum Gasteiger partial charge on any atom is 0.328 e. The SMILES string of the molecule is Cc1ccc(C(=O)N[C@H](C)C(=O)OC(C)(C)C)cc1O. The van der Waals surface area contributed by atoms with Gasteiger partial charge in [0, 0.05) is 5.56 Å². The van der Waals surface area contributed by atoms with E-state index >= 15 is 0 Å². The van der Waals surface area contributed by atoms with Crippen molar-refractivity contribution in [1.82, 2.24) is 5.32 Å². The summed E-state index contributed by atoms with van der Waals surface area (Å²) in [6, 6.07) is 3.84. The van der Waals surface area contributed by atoms with E-state index in [1.165, 1.54) is 6.07 Å². The van der Waals surface area contributed by atoms with Crippen molar-refractivity contribution < 1.29 is 19.4 Å². The molecular formula is C15H21NO4. The van der Waals surface area contributed by atoms with Gasteiger partial charge in [-0.15, -0.1) is 0 Å². The molecular weight excluding hydrogens is 258 g/mol. The van der Waals surface area contributed by atoms with E-state index in [2.05, 4.69) is 5.32 Å². The van der Waals surface area contributed by atoms with Gasteiger partial charge in [-0.1, -0.05) is 6.07 Å². The Morgan fingerprint density at radius 3 is 2.40 bits per heavy atom. The summed E-state index contributed by atoms with van der Waals surface area (Å²) in [7, 11) is 0. The van der Waals surface area contributed by atoms with Crippen LogP contribution >= 0.6 is 0 Å². The second-order valence-corrected chi connectivity index (χ2v) is 5.73. The maximum absolute atomic E-state index is 12.0. The Morgan fingerprint density at radius 1 is 1.30 bits per heavy atom. The Hall–Kier alpha value is -2.04. The van der Waals surface area contributed by atoms with E-state index in [1.807, 2.05) is 0 Å². The molecule has 20 heavy (non-hydrogen) atoms. The average molecular weight is 279 g/mol. The third-order valence-corrected chi connectivity index (χ3v) is 2.58. The summed E-state index contributed by atoms with van der Waals surface area (Å²) in [5.74, 6) is -0.886. The topological polar surface area (TPSA) is 75.6 Å². The van der Waals surface area contributed by atoms with E-state index in [0.717, 1.165) is 0 Å². The van der Waals surface area contributed by atoms with Gasteiger partial charge in [0.1, 0.15) is 17.4 Å². The van der Waals surface area contributed by atoms with E-state index in [4.69, 9.17) is 4.74 Å². The highest BCUT2D eigenvalue weighted by Gasteiger charge is 2.23. The molecule has 5 heteroatoms. The summed E-state index contributed by atoms with van der Waals surface area (Å²) in [4.78, 5) is 23.7. The summed E-state index contributed by atoms with van der Waals surface area (Å²) in [6.45, 7) is 8.58. The number of ether oxygens (including phenoxy) is 1. The van der Waals surface area contributed by atoms with E-state index in [9.17, 15) is 14.7 Å². The summed E-state index contributed by atoms with van der Waals surface area (Å²) >= 11 is 0. The molecule has 2 N–H and O–H groups in total. The van der Waals surface area contributed by atoms with Crippen molar-refractivity contribution in [2.24, 2.45) is 0 Å². The number of rotatable bonds is 3. The quantitative estimate of drug-likeness (QED) is 0.831. The molecule has 0 saturated carbocycles. The molecule has 0 unspecified atom stereocenters. The molecule has 1 aromatic rings. The minimum Gasteiger partial charge on any atom is -0.508 e. The minimum absolute atomic E-state index is 0.0440. The number of aryl methyl sites for hydroxylation is 1. The monoisotopic (exact) mass is 279 g/mol. The number of benzene rings is 1. The lowest BCUT2D eigenvalue weighted by molar-refractivity contribution is -0.156. The second kappa shape index (κ2) is 5.94. The zero-order chi connectivity index (χ0) is 15.5. The van der Waals surface area contributed by atoms with Crippen molar-refractivity contribution in [3.63, 3.8) is 0 Å². The number of carbonyl (C=O) groups is 2. The summed E-state index contributed by atoms with van der Waals surface area (Å²) in [6.07, 6.45) is 0. The predicted octanol–water partition coefficient (Wildman–Crippen LogP) is 2.16. The first-order valence-corrected chi connectivity index (χ1v) is 6.43. The van der Waals surface area contributed by atoms with Gasteiger partial charge in [-0.3, -0.25) is 4.79 Å². The maximum atomic E-state index is 12.0. The van der Waals surface area contributed by atoms with Gasteiger partial charge in [0.05, 0.1) is 0 Å². The summed E-state index contributed by atoms with van der Waals surface area (Å²) in [5.41, 5.74) is 0.378. The van der Waals surface area contributed by atoms with Gasteiger partial charge in [-0.2, -0.15) is 0 Å². The first-order chi connectivity index (χ1) is 9.10. The number of carbonyl (C=O) groups excluding carboxylic acids is 2. The largest absolute Gasteiger partial charge is 0.508 e. The van der Waals surface area contributed by atoms with Crippen LogP contribution in [0.2, 0.25) is 0 Å². The summed E-state index contributed by atoms with van der Waals surface area (Å²) < 4.78 is 5.18. The molecule has 0 fully saturated rings. The van der Waals surface area contributed by atoms with Gasteiger partial charge < -0.3 is 15.2 Å². The molecule has 1 atom stereocenters. The van der Waals surface area contributed by atoms with Crippen molar-refractivity contribution in [2.45, 2.75) is 46.3 Å². The van der Waals surface area contributed by atoms with Crippen LogP contribution < -0.4 is 5.32 Å². The molecule has 0 aliphatic rings. The molecule has 1 rings (SSSR count). The number of phenols is 1. The number of nitrogens with one attached hydrogen (secondary N) is 1. The van der Waals surface area contributed by atoms with Gasteiger partial charge >= 0.3 is 5.97 Å². The highest BCUT2D eigenvalue weighted by molar-refractivity contribution is 5.97. The van der Waals surface area contributed by atoms with Crippen LogP contribution in [0.25, 0.3) is 0 Å². The van der Waals surface area contributed by atoms with E-state index < -0.39 is 23.5 Å². The fourth-order valence-corrected chi connectivity index (χ4v) is 1.48. The smallest absolute Gasteiger partial charge is 0.328 e. The predicted molar refractivity (Wildman–Crippen MR) is 75.6 cm³/mol. The van der Waals surface area contributed by atoms with Crippen molar-refractivity contribution in [3.8, 4) is 5.75 Å². The summed E-state index contributed by atoms with van der Waals surface area (Å²) in [5, 5.41) is 12.1. The Balaban J connectivity index is 2.70. The van der Waals surface area contributed by atoms with Crippen LogP contribution in [0.15, 0.2) is 18.2 Å². The molecule has 0 spiro atoms. The normalized spacial score (nSPS) is 12.7. The Kier molecular flexibility index (Phi) is 4.76. The molecule has 0 radical (unpaired) electrons. The standard InChI is InChI=1S/C15H21NO4/c1-9-6-7-11(8-12(9)17)13(18)16-10(2)14(19)20-15(3,4)5/h6-8,10,17H,1-5H3,(H,16,18)/t10-/m1/s1. The van der Waals surface area contributed by atoms with Gasteiger partial charge in [-0.25, -0.2) is 4.79 Å². The number of hydrogen-bond acceptors (Lipinski definition) is 4. The molecule has 5 nitrogen and oxygen atoms in total. The lowest BCUT2D eigenvalue weighted by Gasteiger charge is -2.22. The van der Waals surface area contributed by atoms with E-state index in [1.54, 1.807) is 46.8 Å². The number of aromatic hydroxyl groups is 1. The number of phenolic OH excluding ortho intramolecular Hbond substituents is 1. The number of esters is 1. The third-order valence-electron chi connectivity index (χ3n) is 2.58. The molecule has 1 aromatic carbocycles. The molecule has 0 aliphatic heterocycles. The lowest BCUT2D eigenvalue weighted by Crippen LogP contribution is -2.42. The van der Waals surface area contributed by atoms with Crippen molar-refractivity contribution in [2.75, 3.05) is 0 Å². The molecule has 0 aliphatic carbocycles. The molecule has 110 valence electrons. The molecule has 1 amide bonds. The third kappa shape index (κ3) is 4.57. The van der Waals surface area contributed by atoms with Gasteiger partial charge in [0.25, 0.3) is 5.91 Å². The van der Waals surface area contributed by atoms with Crippen LogP contribution in [-0.2, 0) is 9.53 Å². The van der Waals surface area contributed by atoms with E-state index in [-0.39, 0.29) is 5.75 Å². The van der Waals surface area contributed by atoms with Crippen LogP contribution in [0.1, 0.15) is 43.6 Å². The van der Waals surface area contributed by atoms with Crippen molar-refractivity contribution in [3.05, 3.63) is 29.3 Å². The van der Waals surface area contributed by atoms with Crippen LogP contribution in [-0.4, -0.2) is 28.6 Å². The zero-order valence-corrected chi connectivity index (χ0v) is 12.5. The molecule has 0 heterocycles. The van der Waals surface area contributed by atoms with Crippen LogP contribution in [0.4, 0.5) is 0 Å². The first-order valence-electron chi connectivity index (χ1n) is 6.43. The van der Waals surface area contributed by atoms with Gasteiger partial charge in [-0.05, 0) is 52.3 Å². The Bertz CT molecular complexity index is 517. The lowest BCUT2D eigenvalue weighted by atomic mass is 10.1. The van der Waals surface area contributed by atoms with Crippen molar-refractivity contribution >= 4 is 11.9 Å². The average Bonchev–Trinajstić information content (AvgIpc) is 2.30. The highest BCUT2D eigenvalue weighted by atomic mass is 16.6. The van der Waals surface area contributed by atoms with Gasteiger partial charge in [0.15, 0.2) is 0 Å². The van der Waals surface area contributed by atoms with Crippen LogP contribution in [0, 0.1) is 6.92 Å². The second-order valence-electron chi connectivity index (χ2n) is 5.73. The molecule has 0 aromatic heterocycles. The van der Waals surface area contributed by atoms with Crippen LogP contribution in [0.3, 0.4) is 0 Å². The highest BCUT2D eigenvalue weighted by Crippen LogP contribution is 2.17. The Labute approximate surface area is 118 Å². The van der Waals surface area contributed by atoms with E-state index in [0.29, 0.717) is 11.1 Å². The van der Waals surface area contributed by atoms with Crippen LogP contribution in [0.5, 0.6) is 5.75 Å². The fourth-order valence-electron chi connectivity index (χ4n) is 1.48. The first kappa shape index (κ1) is 16.0. The number of hydrogen-bond donors (Lipinski definition) is 2. The fraction of sp³-hybridized carbons (Fsp3) is 0.467. The Morgan fingerprint density at radius 2 is 1.90 bits per heavy atom. The molecule has 0 saturated heterocycles. The number of amides is 1. The molecule has 0 bridgehead atoms. The minimum atomic E-state index is -0.759. The van der Waals surface area contributed by atoms with Crippen molar-refractivity contribution in [1.29, 1.82) is 0 Å².